The maximum Gasteiger partial charge on any atom is 0.418 e. The number of alkyl halides is 3. The van der Waals surface area contributed by atoms with Gasteiger partial charge in [0.15, 0.2) is 0 Å². The molecule has 0 aliphatic carbocycles. The number of amides is 1. The maximum atomic E-state index is 13.1. The molecule has 0 fully saturated rings. The van der Waals surface area contributed by atoms with Gasteiger partial charge < -0.3 is 5.32 Å². The standard InChI is InChI=1S/C17H17ClF3N3O3S/c1-23(2)28(26,27)24(3)13-7-4-11(5-8-13)16(25)22-15-9-6-12(18)10-14(15)17(19,20)21/h4-10H,1-3H3,(H,22,25). The van der Waals surface area contributed by atoms with E-state index in [9.17, 15) is 26.4 Å². The van der Waals surface area contributed by atoms with Crippen LogP contribution in [0.4, 0.5) is 24.5 Å². The van der Waals surface area contributed by atoms with Gasteiger partial charge in [-0.25, -0.2) is 0 Å². The topological polar surface area (TPSA) is 69.7 Å². The number of carbonyl (C=O) groups is 1. The number of halogens is 4. The van der Waals surface area contributed by atoms with Crippen molar-refractivity contribution in [3.8, 4) is 0 Å². The highest BCUT2D eigenvalue weighted by Crippen LogP contribution is 2.36. The van der Waals surface area contributed by atoms with Crippen LogP contribution in [0.5, 0.6) is 0 Å². The summed E-state index contributed by atoms with van der Waals surface area (Å²) < 4.78 is 65.6. The molecule has 2 aromatic rings. The fourth-order valence-corrected chi connectivity index (χ4v) is 3.31. The van der Waals surface area contributed by atoms with Gasteiger partial charge in [-0.2, -0.15) is 25.9 Å². The average Bonchev–Trinajstić information content (AvgIpc) is 2.61. The average molecular weight is 436 g/mol. The molecule has 0 atom stereocenters. The Morgan fingerprint density at radius 2 is 1.61 bits per heavy atom. The van der Waals surface area contributed by atoms with E-state index in [1.54, 1.807) is 0 Å². The van der Waals surface area contributed by atoms with E-state index in [-0.39, 0.29) is 16.3 Å². The van der Waals surface area contributed by atoms with Gasteiger partial charge in [0.2, 0.25) is 0 Å². The van der Waals surface area contributed by atoms with Crippen molar-refractivity contribution in [2.75, 3.05) is 30.8 Å². The van der Waals surface area contributed by atoms with E-state index in [1.807, 2.05) is 0 Å². The van der Waals surface area contributed by atoms with Crippen molar-refractivity contribution in [2.24, 2.45) is 0 Å². The van der Waals surface area contributed by atoms with Crippen LogP contribution in [0.3, 0.4) is 0 Å². The van der Waals surface area contributed by atoms with E-state index in [0.717, 1.165) is 20.7 Å². The van der Waals surface area contributed by atoms with Crippen molar-refractivity contribution in [2.45, 2.75) is 6.18 Å². The fourth-order valence-electron chi connectivity index (χ4n) is 2.26. The maximum absolute atomic E-state index is 13.1. The number of anilines is 2. The first-order valence-electron chi connectivity index (χ1n) is 7.78. The number of rotatable bonds is 5. The van der Waals surface area contributed by atoms with E-state index in [2.05, 4.69) is 5.32 Å². The quantitative estimate of drug-likeness (QED) is 0.775. The lowest BCUT2D eigenvalue weighted by molar-refractivity contribution is -0.136. The van der Waals surface area contributed by atoms with Gasteiger partial charge in [-0.15, -0.1) is 0 Å². The Balaban J connectivity index is 2.26. The lowest BCUT2D eigenvalue weighted by Crippen LogP contribution is -2.37. The summed E-state index contributed by atoms with van der Waals surface area (Å²) in [6.45, 7) is 0. The highest BCUT2D eigenvalue weighted by Gasteiger charge is 2.34. The van der Waals surface area contributed by atoms with Gasteiger partial charge in [-0.05, 0) is 42.5 Å². The number of nitrogens with zero attached hydrogens (tertiary/aromatic N) is 2. The number of nitrogens with one attached hydrogen (secondary N) is 1. The van der Waals surface area contributed by atoms with Crippen LogP contribution in [-0.2, 0) is 16.4 Å². The van der Waals surface area contributed by atoms with E-state index >= 15 is 0 Å². The summed E-state index contributed by atoms with van der Waals surface area (Å²) in [6.07, 6.45) is -4.69. The summed E-state index contributed by atoms with van der Waals surface area (Å²) in [5, 5.41) is 2.09. The lowest BCUT2D eigenvalue weighted by atomic mass is 10.1. The molecule has 0 saturated heterocycles. The Kier molecular flexibility index (Phi) is 6.27. The van der Waals surface area contributed by atoms with E-state index in [4.69, 9.17) is 11.6 Å². The molecule has 0 saturated carbocycles. The largest absolute Gasteiger partial charge is 0.418 e. The van der Waals surface area contributed by atoms with Gasteiger partial charge in [0.05, 0.1) is 16.9 Å². The zero-order valence-electron chi connectivity index (χ0n) is 15.1. The predicted molar refractivity (Wildman–Crippen MR) is 102 cm³/mol. The second kappa shape index (κ2) is 7.98. The molecule has 0 heterocycles. The summed E-state index contributed by atoms with van der Waals surface area (Å²) in [7, 11) is 0.378. The molecule has 2 aromatic carbocycles. The van der Waals surface area contributed by atoms with E-state index < -0.39 is 33.5 Å². The van der Waals surface area contributed by atoms with Crippen molar-refractivity contribution < 1.29 is 26.4 Å². The molecule has 0 radical (unpaired) electrons. The molecule has 1 amide bonds. The molecular weight excluding hydrogens is 419 g/mol. The first-order valence-corrected chi connectivity index (χ1v) is 9.56. The Bertz CT molecular complexity index is 977. The zero-order valence-corrected chi connectivity index (χ0v) is 16.7. The molecule has 2 rings (SSSR count). The predicted octanol–water partition coefficient (Wildman–Crippen LogP) is 3.85. The highest BCUT2D eigenvalue weighted by molar-refractivity contribution is 7.90. The van der Waals surface area contributed by atoms with E-state index in [0.29, 0.717) is 0 Å². The smallest absolute Gasteiger partial charge is 0.321 e. The Morgan fingerprint density at radius 3 is 2.11 bits per heavy atom. The lowest BCUT2D eigenvalue weighted by Gasteiger charge is -2.23. The van der Waals surface area contributed by atoms with Gasteiger partial charge in [-0.3, -0.25) is 9.10 Å². The fraction of sp³-hybridized carbons (Fsp3) is 0.235. The van der Waals surface area contributed by atoms with Crippen LogP contribution in [0.1, 0.15) is 15.9 Å². The summed E-state index contributed by atoms with van der Waals surface area (Å²) in [6, 6.07) is 8.41. The molecule has 28 heavy (non-hydrogen) atoms. The third-order valence-electron chi connectivity index (χ3n) is 3.84. The van der Waals surface area contributed by atoms with Crippen LogP contribution < -0.4 is 9.62 Å². The molecule has 152 valence electrons. The molecule has 0 aliphatic rings. The normalized spacial score (nSPS) is 12.1. The van der Waals surface area contributed by atoms with Crippen LogP contribution in [0.25, 0.3) is 0 Å². The molecular formula is C17H17ClF3N3O3S. The van der Waals surface area contributed by atoms with Gasteiger partial charge in [0.25, 0.3) is 5.91 Å². The number of hydrogen-bond acceptors (Lipinski definition) is 3. The van der Waals surface area contributed by atoms with Crippen molar-refractivity contribution in [3.05, 3.63) is 58.6 Å². The monoisotopic (exact) mass is 435 g/mol. The van der Waals surface area contributed by atoms with Gasteiger partial charge in [0, 0.05) is 31.7 Å². The summed E-state index contributed by atoms with van der Waals surface area (Å²) in [5.74, 6) is -0.780. The van der Waals surface area contributed by atoms with Crippen molar-refractivity contribution >= 4 is 39.1 Å². The van der Waals surface area contributed by atoms with Gasteiger partial charge in [-0.1, -0.05) is 11.6 Å². The van der Waals surface area contributed by atoms with Crippen LogP contribution in [0, 0.1) is 0 Å². The molecule has 1 N–H and O–H groups in total. The minimum atomic E-state index is -4.69. The van der Waals surface area contributed by atoms with Crippen LogP contribution >= 0.6 is 11.6 Å². The van der Waals surface area contributed by atoms with Crippen molar-refractivity contribution in [3.63, 3.8) is 0 Å². The molecule has 0 unspecified atom stereocenters. The van der Waals surface area contributed by atoms with Crippen LogP contribution in [-0.4, -0.2) is 39.8 Å². The highest BCUT2D eigenvalue weighted by atomic mass is 35.5. The Morgan fingerprint density at radius 1 is 1.04 bits per heavy atom. The first-order chi connectivity index (χ1) is 12.8. The zero-order chi connectivity index (χ0) is 21.3. The minimum absolute atomic E-state index is 0.0578. The minimum Gasteiger partial charge on any atom is -0.321 e. The summed E-state index contributed by atoms with van der Waals surface area (Å²) in [5.41, 5.74) is -1.16. The number of hydrogen-bond donors (Lipinski definition) is 1. The third kappa shape index (κ3) is 4.75. The Hall–Kier alpha value is -2.30. The summed E-state index contributed by atoms with van der Waals surface area (Å²) in [4.78, 5) is 12.3. The SMILES string of the molecule is CN(C)S(=O)(=O)N(C)c1ccc(C(=O)Nc2ccc(Cl)cc2C(F)(F)F)cc1. The van der Waals surface area contributed by atoms with Crippen LogP contribution in [0.2, 0.25) is 5.02 Å². The number of benzene rings is 2. The van der Waals surface area contributed by atoms with Gasteiger partial charge >= 0.3 is 16.4 Å². The second-order valence-electron chi connectivity index (χ2n) is 5.95. The molecule has 11 heteroatoms. The molecule has 0 aliphatic heterocycles. The van der Waals surface area contributed by atoms with Crippen molar-refractivity contribution in [1.29, 1.82) is 0 Å². The van der Waals surface area contributed by atoms with Gasteiger partial charge in [0.1, 0.15) is 0 Å². The molecule has 0 aromatic heterocycles. The van der Waals surface area contributed by atoms with Crippen molar-refractivity contribution in [1.82, 2.24) is 4.31 Å². The third-order valence-corrected chi connectivity index (χ3v) is 5.90. The Labute approximate surface area is 165 Å². The first kappa shape index (κ1) is 22.0. The summed E-state index contributed by atoms with van der Waals surface area (Å²) >= 11 is 5.61. The molecule has 0 spiro atoms. The van der Waals surface area contributed by atoms with E-state index in [1.165, 1.54) is 51.5 Å². The number of carbonyl (C=O) groups excluding carboxylic acids is 1. The molecule has 0 bridgehead atoms. The molecule has 6 nitrogen and oxygen atoms in total. The second-order valence-corrected chi connectivity index (χ2v) is 8.56. The van der Waals surface area contributed by atoms with Crippen LogP contribution in [0.15, 0.2) is 42.5 Å².